The number of thioether (sulfide) groups is 1. The fourth-order valence-electron chi connectivity index (χ4n) is 0.641. The molecular formula is C9H18OS2. The molecule has 0 amide bonds. The van der Waals surface area contributed by atoms with Gasteiger partial charge in [0, 0.05) is 5.75 Å². The number of rotatable bonds is 6. The van der Waals surface area contributed by atoms with Gasteiger partial charge in [0.05, 0.1) is 6.61 Å². The van der Waals surface area contributed by atoms with Gasteiger partial charge in [-0.15, -0.1) is 0 Å². The highest BCUT2D eigenvalue weighted by Gasteiger charge is 1.96. The third kappa shape index (κ3) is 8.34. The minimum absolute atomic E-state index is 0.719. The van der Waals surface area contributed by atoms with Gasteiger partial charge < -0.3 is 4.74 Å². The van der Waals surface area contributed by atoms with Gasteiger partial charge in [-0.2, -0.15) is 0 Å². The third-order valence-corrected chi connectivity index (χ3v) is 2.75. The van der Waals surface area contributed by atoms with Crippen LogP contribution in [0.4, 0.5) is 0 Å². The Labute approximate surface area is 85.3 Å². The number of unbranched alkanes of at least 4 members (excludes halogenated alkanes) is 2. The van der Waals surface area contributed by atoms with Gasteiger partial charge in [-0.1, -0.05) is 38.5 Å². The summed E-state index contributed by atoms with van der Waals surface area (Å²) in [6.45, 7) is 5.12. The molecule has 0 aromatic carbocycles. The predicted molar refractivity (Wildman–Crippen MR) is 60.8 cm³/mol. The maximum absolute atomic E-state index is 5.32. The minimum Gasteiger partial charge on any atom is -0.479 e. The van der Waals surface area contributed by atoms with Gasteiger partial charge in [0.1, 0.15) is 0 Å². The molecule has 0 atom stereocenters. The lowest BCUT2D eigenvalue weighted by Gasteiger charge is -2.04. The molecule has 0 aliphatic heterocycles. The van der Waals surface area contributed by atoms with Crippen LogP contribution >= 0.6 is 24.0 Å². The first-order valence-electron chi connectivity index (χ1n) is 4.60. The minimum atomic E-state index is 0.719. The molecule has 0 saturated carbocycles. The maximum atomic E-state index is 5.32. The van der Waals surface area contributed by atoms with Crippen LogP contribution in [0.25, 0.3) is 0 Å². The fraction of sp³-hybridized carbons (Fsp3) is 0.889. The molecule has 0 unspecified atom stereocenters. The summed E-state index contributed by atoms with van der Waals surface area (Å²) in [6, 6.07) is 0. The average Bonchev–Trinajstić information content (AvgIpc) is 2.06. The van der Waals surface area contributed by atoms with Crippen molar-refractivity contribution in [1.82, 2.24) is 0 Å². The molecule has 72 valence electrons. The first kappa shape index (κ1) is 12.2. The summed E-state index contributed by atoms with van der Waals surface area (Å²) < 4.78 is 6.04. The van der Waals surface area contributed by atoms with Crippen LogP contribution in [-0.2, 0) is 4.74 Å². The number of thiocarbonyl (C=S) groups is 1. The van der Waals surface area contributed by atoms with E-state index in [0.29, 0.717) is 0 Å². The van der Waals surface area contributed by atoms with Gasteiger partial charge in [-0.3, -0.25) is 0 Å². The molecule has 0 aromatic rings. The van der Waals surface area contributed by atoms with Crippen LogP contribution in [0.1, 0.15) is 39.5 Å². The highest BCUT2D eigenvalue weighted by molar-refractivity contribution is 8.22. The Morgan fingerprint density at radius 3 is 2.50 bits per heavy atom. The molecule has 0 bridgehead atoms. The zero-order valence-electron chi connectivity index (χ0n) is 7.97. The monoisotopic (exact) mass is 206 g/mol. The fourth-order valence-corrected chi connectivity index (χ4v) is 1.74. The van der Waals surface area contributed by atoms with E-state index in [4.69, 9.17) is 17.0 Å². The first-order valence-corrected chi connectivity index (χ1v) is 6.00. The summed E-state index contributed by atoms with van der Waals surface area (Å²) >= 11 is 6.68. The van der Waals surface area contributed by atoms with Gasteiger partial charge in [-0.05, 0) is 25.1 Å². The lowest BCUT2D eigenvalue weighted by atomic mass is 10.4. The molecule has 0 fully saturated rings. The van der Waals surface area contributed by atoms with Gasteiger partial charge in [0.2, 0.25) is 4.38 Å². The smallest absolute Gasteiger partial charge is 0.219 e. The lowest BCUT2D eigenvalue weighted by Crippen LogP contribution is -1.99. The van der Waals surface area contributed by atoms with Crippen molar-refractivity contribution in [1.29, 1.82) is 0 Å². The van der Waals surface area contributed by atoms with Gasteiger partial charge in [0.15, 0.2) is 0 Å². The molecule has 1 nitrogen and oxygen atoms in total. The Bertz CT molecular complexity index is 103. The van der Waals surface area contributed by atoms with Crippen molar-refractivity contribution in [3.63, 3.8) is 0 Å². The van der Waals surface area contributed by atoms with Crippen molar-refractivity contribution in [2.24, 2.45) is 0 Å². The average molecular weight is 206 g/mol. The normalized spacial score (nSPS) is 9.83. The molecule has 0 aliphatic rings. The van der Waals surface area contributed by atoms with Crippen molar-refractivity contribution < 1.29 is 4.74 Å². The van der Waals surface area contributed by atoms with Crippen LogP contribution in [0, 0.1) is 0 Å². The predicted octanol–water partition coefficient (Wildman–Crippen LogP) is 3.62. The summed E-state index contributed by atoms with van der Waals surface area (Å²) in [6.07, 6.45) is 4.73. The van der Waals surface area contributed by atoms with Crippen LogP contribution in [0.2, 0.25) is 0 Å². The Morgan fingerprint density at radius 1 is 1.25 bits per heavy atom. The highest BCUT2D eigenvalue weighted by atomic mass is 32.2. The van der Waals surface area contributed by atoms with E-state index < -0.39 is 0 Å². The van der Waals surface area contributed by atoms with E-state index in [1.807, 2.05) is 0 Å². The summed E-state index contributed by atoms with van der Waals surface area (Å²) in [7, 11) is 0. The largest absolute Gasteiger partial charge is 0.479 e. The van der Waals surface area contributed by atoms with E-state index in [9.17, 15) is 0 Å². The zero-order chi connectivity index (χ0) is 9.23. The summed E-state index contributed by atoms with van der Waals surface area (Å²) in [5, 5.41) is 0. The van der Waals surface area contributed by atoms with E-state index in [-0.39, 0.29) is 0 Å². The van der Waals surface area contributed by atoms with Crippen molar-refractivity contribution in [3.8, 4) is 0 Å². The number of ether oxygens (including phenoxy) is 1. The summed E-state index contributed by atoms with van der Waals surface area (Å²) in [5.74, 6) is 1.10. The Morgan fingerprint density at radius 2 is 1.92 bits per heavy atom. The summed E-state index contributed by atoms with van der Waals surface area (Å²) in [5.41, 5.74) is 0. The quantitative estimate of drug-likeness (QED) is 0.485. The lowest BCUT2D eigenvalue weighted by molar-refractivity contribution is 0.313. The van der Waals surface area contributed by atoms with E-state index in [1.165, 1.54) is 19.3 Å². The molecule has 0 N–H and O–H groups in total. The molecule has 0 aliphatic carbocycles. The molecule has 0 heterocycles. The first-order chi connectivity index (χ1) is 5.81. The molecule has 0 rings (SSSR count). The van der Waals surface area contributed by atoms with Crippen LogP contribution in [0.3, 0.4) is 0 Å². The Hall–Kier alpha value is 0.240. The van der Waals surface area contributed by atoms with E-state index in [1.54, 1.807) is 11.8 Å². The molecule has 3 heteroatoms. The van der Waals surface area contributed by atoms with Gasteiger partial charge in [0.25, 0.3) is 0 Å². The zero-order valence-corrected chi connectivity index (χ0v) is 9.60. The summed E-state index contributed by atoms with van der Waals surface area (Å²) in [4.78, 5) is 0. The molecule has 0 aromatic heterocycles. The molecular weight excluding hydrogens is 188 g/mol. The van der Waals surface area contributed by atoms with Crippen LogP contribution < -0.4 is 0 Å². The van der Waals surface area contributed by atoms with Crippen molar-refractivity contribution >= 4 is 28.4 Å². The Kier molecular flexibility index (Phi) is 9.52. The maximum Gasteiger partial charge on any atom is 0.219 e. The van der Waals surface area contributed by atoms with Crippen LogP contribution in [0.5, 0.6) is 0 Å². The second-order valence-electron chi connectivity index (χ2n) is 2.65. The third-order valence-electron chi connectivity index (χ3n) is 1.44. The highest BCUT2D eigenvalue weighted by Crippen LogP contribution is 2.09. The van der Waals surface area contributed by atoms with E-state index >= 15 is 0 Å². The van der Waals surface area contributed by atoms with E-state index in [0.717, 1.165) is 23.2 Å². The van der Waals surface area contributed by atoms with Crippen LogP contribution in [0.15, 0.2) is 0 Å². The second kappa shape index (κ2) is 9.33. The molecule has 0 radical (unpaired) electrons. The Balaban J connectivity index is 3.10. The molecule has 0 saturated heterocycles. The van der Waals surface area contributed by atoms with E-state index in [2.05, 4.69) is 13.8 Å². The van der Waals surface area contributed by atoms with Crippen LogP contribution in [-0.4, -0.2) is 16.7 Å². The SMILES string of the molecule is CCCCOC(=S)SCCCC. The second-order valence-corrected chi connectivity index (χ2v) is 4.35. The van der Waals surface area contributed by atoms with Crippen molar-refractivity contribution in [2.75, 3.05) is 12.4 Å². The van der Waals surface area contributed by atoms with Gasteiger partial charge >= 0.3 is 0 Å². The van der Waals surface area contributed by atoms with Crippen molar-refractivity contribution in [3.05, 3.63) is 0 Å². The standard InChI is InChI=1S/C9H18OS2/c1-3-5-7-10-9(11)12-8-6-4-2/h3-8H2,1-2H3. The topological polar surface area (TPSA) is 9.23 Å². The number of hydrogen-bond acceptors (Lipinski definition) is 3. The molecule has 0 spiro atoms. The van der Waals surface area contributed by atoms with Crippen molar-refractivity contribution in [2.45, 2.75) is 39.5 Å². The number of hydrogen-bond donors (Lipinski definition) is 0. The molecule has 12 heavy (non-hydrogen) atoms. The van der Waals surface area contributed by atoms with Gasteiger partial charge in [-0.25, -0.2) is 0 Å².